The molecule has 1 aliphatic rings. The minimum atomic E-state index is -1.32. The molecule has 5 nitrogen and oxygen atoms in total. The molecule has 1 saturated heterocycles. The van der Waals surface area contributed by atoms with Crippen LogP contribution in [-0.2, 0) is 4.74 Å². The van der Waals surface area contributed by atoms with Gasteiger partial charge in [0.1, 0.15) is 18.3 Å². The molecular weight excluding hydrogens is 150 g/mol. The monoisotopic (exact) mass is 163 g/mol. The zero-order chi connectivity index (χ0) is 8.59. The summed E-state index contributed by atoms with van der Waals surface area (Å²) in [7, 11) is 0. The van der Waals surface area contributed by atoms with E-state index < -0.39 is 30.6 Å². The second kappa shape index (κ2) is 3.04. The first kappa shape index (κ1) is 8.89. The van der Waals surface area contributed by atoms with Gasteiger partial charge in [-0.1, -0.05) is 0 Å². The van der Waals surface area contributed by atoms with Crippen LogP contribution in [0, 0.1) is 0 Å². The maximum Gasteiger partial charge on any atom is 0.184 e. The first-order chi connectivity index (χ1) is 5.04. The Kier molecular flexibility index (Phi) is 2.46. The van der Waals surface area contributed by atoms with E-state index in [-0.39, 0.29) is 0 Å². The lowest BCUT2D eigenvalue weighted by molar-refractivity contribution is -0.129. The van der Waals surface area contributed by atoms with Gasteiger partial charge in [0.05, 0.1) is 0 Å². The second-order valence-electron chi connectivity index (χ2n) is 2.83. The molecule has 0 saturated carbocycles. The summed E-state index contributed by atoms with van der Waals surface area (Å²) in [6, 6.07) is -0.406. The standard InChI is InChI=1S/C6H13NO4/c1-2(7)5-3(8)4(9)6(10)11-5/h2-6,8-10H,7H2,1H3. The Morgan fingerprint density at radius 3 is 2.00 bits per heavy atom. The molecule has 0 amide bonds. The van der Waals surface area contributed by atoms with Gasteiger partial charge in [0, 0.05) is 6.04 Å². The highest BCUT2D eigenvalue weighted by molar-refractivity contribution is 4.89. The Balaban J connectivity index is 2.59. The van der Waals surface area contributed by atoms with E-state index in [1.807, 2.05) is 0 Å². The van der Waals surface area contributed by atoms with Crippen LogP contribution in [0.15, 0.2) is 0 Å². The average molecular weight is 163 g/mol. The van der Waals surface area contributed by atoms with Gasteiger partial charge in [0.2, 0.25) is 0 Å². The molecule has 0 radical (unpaired) electrons. The van der Waals surface area contributed by atoms with Gasteiger partial charge < -0.3 is 25.8 Å². The van der Waals surface area contributed by atoms with Crippen molar-refractivity contribution in [2.24, 2.45) is 5.73 Å². The molecule has 66 valence electrons. The largest absolute Gasteiger partial charge is 0.387 e. The Morgan fingerprint density at radius 1 is 1.27 bits per heavy atom. The molecule has 1 fully saturated rings. The van der Waals surface area contributed by atoms with Crippen LogP contribution in [0.3, 0.4) is 0 Å². The number of aliphatic hydroxyl groups excluding tert-OH is 3. The smallest absolute Gasteiger partial charge is 0.184 e. The summed E-state index contributed by atoms with van der Waals surface area (Å²) in [5.41, 5.74) is 5.41. The van der Waals surface area contributed by atoms with Crippen molar-refractivity contribution in [3.05, 3.63) is 0 Å². The molecule has 0 aromatic rings. The van der Waals surface area contributed by atoms with Crippen LogP contribution in [0.4, 0.5) is 0 Å². The van der Waals surface area contributed by atoms with Crippen LogP contribution >= 0.6 is 0 Å². The van der Waals surface area contributed by atoms with Crippen LogP contribution in [0.5, 0.6) is 0 Å². The fourth-order valence-corrected chi connectivity index (χ4v) is 1.12. The molecule has 5 heteroatoms. The lowest BCUT2D eigenvalue weighted by atomic mass is 10.1. The number of rotatable bonds is 1. The van der Waals surface area contributed by atoms with Crippen molar-refractivity contribution >= 4 is 0 Å². The van der Waals surface area contributed by atoms with Gasteiger partial charge in [-0.15, -0.1) is 0 Å². The van der Waals surface area contributed by atoms with Crippen LogP contribution in [0.2, 0.25) is 0 Å². The van der Waals surface area contributed by atoms with Gasteiger partial charge in [-0.2, -0.15) is 0 Å². The summed E-state index contributed by atoms with van der Waals surface area (Å²) in [5, 5.41) is 27.1. The molecule has 5 unspecified atom stereocenters. The van der Waals surface area contributed by atoms with Gasteiger partial charge in [0.25, 0.3) is 0 Å². The zero-order valence-corrected chi connectivity index (χ0v) is 6.21. The summed E-state index contributed by atoms with van der Waals surface area (Å²) in [4.78, 5) is 0. The first-order valence-electron chi connectivity index (χ1n) is 3.49. The molecule has 5 N–H and O–H groups in total. The summed E-state index contributed by atoms with van der Waals surface area (Å²) in [6.45, 7) is 1.64. The molecule has 11 heavy (non-hydrogen) atoms. The van der Waals surface area contributed by atoms with Gasteiger partial charge in [-0.3, -0.25) is 0 Å². The topological polar surface area (TPSA) is 95.9 Å². The predicted molar refractivity (Wildman–Crippen MR) is 36.5 cm³/mol. The van der Waals surface area contributed by atoms with E-state index in [0.29, 0.717) is 0 Å². The summed E-state index contributed by atoms with van der Waals surface area (Å²) >= 11 is 0. The van der Waals surface area contributed by atoms with Gasteiger partial charge in [0.15, 0.2) is 6.29 Å². The van der Waals surface area contributed by atoms with E-state index in [9.17, 15) is 5.11 Å². The molecular formula is C6H13NO4. The minimum Gasteiger partial charge on any atom is -0.387 e. The fraction of sp³-hybridized carbons (Fsp3) is 1.00. The SMILES string of the molecule is CC(N)C1OC(O)C(O)C1O. The molecule has 1 rings (SSSR count). The van der Waals surface area contributed by atoms with Gasteiger partial charge >= 0.3 is 0 Å². The fourth-order valence-electron chi connectivity index (χ4n) is 1.12. The Morgan fingerprint density at radius 2 is 1.82 bits per heavy atom. The van der Waals surface area contributed by atoms with Crippen molar-refractivity contribution in [3.8, 4) is 0 Å². The predicted octanol–water partition coefficient (Wildman–Crippen LogP) is -2.23. The number of ether oxygens (including phenoxy) is 1. The van der Waals surface area contributed by atoms with Crippen molar-refractivity contribution < 1.29 is 20.1 Å². The van der Waals surface area contributed by atoms with Crippen molar-refractivity contribution in [2.45, 2.75) is 37.6 Å². The van der Waals surface area contributed by atoms with Crippen LogP contribution in [0.1, 0.15) is 6.92 Å². The molecule has 1 heterocycles. The highest BCUT2D eigenvalue weighted by Crippen LogP contribution is 2.20. The molecule has 5 atom stereocenters. The Bertz CT molecular complexity index is 141. The van der Waals surface area contributed by atoms with Crippen LogP contribution < -0.4 is 5.73 Å². The lowest BCUT2D eigenvalue weighted by Crippen LogP contribution is -2.41. The van der Waals surface area contributed by atoms with Crippen LogP contribution in [-0.4, -0.2) is 46.0 Å². The molecule has 0 bridgehead atoms. The van der Waals surface area contributed by atoms with E-state index >= 15 is 0 Å². The second-order valence-corrected chi connectivity index (χ2v) is 2.83. The molecule has 0 spiro atoms. The molecule has 0 aromatic carbocycles. The maximum atomic E-state index is 9.18. The summed E-state index contributed by atoms with van der Waals surface area (Å²) in [6.07, 6.45) is -4.34. The van der Waals surface area contributed by atoms with Crippen molar-refractivity contribution in [1.82, 2.24) is 0 Å². The highest BCUT2D eigenvalue weighted by Gasteiger charge is 2.43. The third kappa shape index (κ3) is 1.52. The molecule has 1 aliphatic heterocycles. The van der Waals surface area contributed by atoms with E-state index in [0.717, 1.165) is 0 Å². The van der Waals surface area contributed by atoms with E-state index in [4.69, 9.17) is 20.7 Å². The lowest BCUT2D eigenvalue weighted by Gasteiger charge is -2.17. The first-order valence-corrected chi connectivity index (χ1v) is 3.49. The maximum absolute atomic E-state index is 9.18. The zero-order valence-electron chi connectivity index (χ0n) is 6.21. The van der Waals surface area contributed by atoms with Gasteiger partial charge in [-0.05, 0) is 6.92 Å². The highest BCUT2D eigenvalue weighted by atomic mass is 16.6. The van der Waals surface area contributed by atoms with E-state index in [1.165, 1.54) is 0 Å². The minimum absolute atomic E-state index is 0.406. The van der Waals surface area contributed by atoms with E-state index in [1.54, 1.807) is 6.92 Å². The third-order valence-corrected chi connectivity index (χ3v) is 1.79. The quantitative estimate of drug-likeness (QED) is 0.351. The number of aliphatic hydroxyl groups is 3. The average Bonchev–Trinajstić information content (AvgIpc) is 2.17. The van der Waals surface area contributed by atoms with Gasteiger partial charge in [-0.25, -0.2) is 0 Å². The molecule has 0 aliphatic carbocycles. The Hall–Kier alpha value is -0.200. The third-order valence-electron chi connectivity index (χ3n) is 1.79. The van der Waals surface area contributed by atoms with Crippen molar-refractivity contribution in [1.29, 1.82) is 0 Å². The normalized spacial score (nSPS) is 47.7. The Labute approximate surface area is 64.4 Å². The molecule has 0 aromatic heterocycles. The number of hydrogen-bond acceptors (Lipinski definition) is 5. The summed E-state index contributed by atoms with van der Waals surface area (Å²) < 4.78 is 4.78. The number of hydrogen-bond donors (Lipinski definition) is 4. The number of nitrogens with two attached hydrogens (primary N) is 1. The van der Waals surface area contributed by atoms with E-state index in [2.05, 4.69) is 0 Å². The van der Waals surface area contributed by atoms with Crippen LogP contribution in [0.25, 0.3) is 0 Å². The van der Waals surface area contributed by atoms with Crippen molar-refractivity contribution in [2.75, 3.05) is 0 Å². The summed E-state index contributed by atoms with van der Waals surface area (Å²) in [5.74, 6) is 0. The van der Waals surface area contributed by atoms with Crippen molar-refractivity contribution in [3.63, 3.8) is 0 Å².